The van der Waals surface area contributed by atoms with Crippen LogP contribution in [-0.2, 0) is 10.0 Å². The zero-order valence-electron chi connectivity index (χ0n) is 12.7. The van der Waals surface area contributed by atoms with Gasteiger partial charge in [-0.3, -0.25) is 10.1 Å². The van der Waals surface area contributed by atoms with Gasteiger partial charge in [-0.25, -0.2) is 21.8 Å². The molecule has 3 N–H and O–H groups in total. The summed E-state index contributed by atoms with van der Waals surface area (Å²) in [5, 5.41) is 10.9. The topological polar surface area (TPSA) is 131 Å². The molecule has 0 amide bonds. The molecule has 0 spiro atoms. The number of rotatable bonds is 6. The summed E-state index contributed by atoms with van der Waals surface area (Å²) in [5.41, 5.74) is 6.44. The molecule has 1 aliphatic carbocycles. The van der Waals surface area contributed by atoms with Crippen LogP contribution in [0.1, 0.15) is 6.92 Å². The molecule has 0 aromatic heterocycles. The number of nitrogens with two attached hydrogens (primary N) is 1. The Kier molecular flexibility index (Phi) is 6.11. The molecule has 1 aliphatic rings. The minimum absolute atomic E-state index is 0.0322. The first-order valence-corrected chi connectivity index (χ1v) is 8.49. The van der Waals surface area contributed by atoms with Gasteiger partial charge in [-0.05, 0) is 13.1 Å². The number of hydrogen-bond donors (Lipinski definition) is 2. The van der Waals surface area contributed by atoms with Gasteiger partial charge in [0.05, 0.1) is 17.8 Å². The van der Waals surface area contributed by atoms with Crippen LogP contribution in [-0.4, -0.2) is 51.0 Å². The van der Waals surface area contributed by atoms with Gasteiger partial charge in [-0.1, -0.05) is 6.92 Å². The predicted molar refractivity (Wildman–Crippen MR) is 87.0 cm³/mol. The fraction of sp³-hybridized carbons (Fsp3) is 0.545. The molecule has 0 saturated heterocycles. The van der Waals surface area contributed by atoms with Gasteiger partial charge < -0.3 is 5.73 Å². The molecule has 9 nitrogen and oxygen atoms in total. The monoisotopic (exact) mass is 349 g/mol. The van der Waals surface area contributed by atoms with E-state index in [0.29, 0.717) is 5.70 Å². The highest BCUT2D eigenvalue weighted by molar-refractivity contribution is 7.96. The lowest BCUT2D eigenvalue weighted by Crippen LogP contribution is -2.35. The van der Waals surface area contributed by atoms with Crippen LogP contribution in [0.2, 0.25) is 0 Å². The standard InChI is InChI=1S/C11H19N5O4S2/c1-7-9(12)5-8(6-16(17)18)11(10(7)14-21-13-2)22(19,20)15(3)4/h5,7,13H,6,12H2,1-4H3/b14-10+. The second kappa shape index (κ2) is 7.22. The zero-order chi connectivity index (χ0) is 17.1. The largest absolute Gasteiger partial charge is 0.401 e. The maximum absolute atomic E-state index is 12.6. The first-order chi connectivity index (χ1) is 10.1. The molecule has 0 aliphatic heterocycles. The highest BCUT2D eigenvalue weighted by atomic mass is 32.2. The smallest absolute Gasteiger partial charge is 0.244 e. The van der Waals surface area contributed by atoms with E-state index in [2.05, 4.69) is 9.12 Å². The summed E-state index contributed by atoms with van der Waals surface area (Å²) < 4.78 is 33.0. The average Bonchev–Trinajstić information content (AvgIpc) is 2.39. The number of hydrogen-bond acceptors (Lipinski definition) is 8. The molecule has 0 saturated carbocycles. The van der Waals surface area contributed by atoms with Crippen LogP contribution >= 0.6 is 12.1 Å². The third-order valence-corrected chi connectivity index (χ3v) is 5.47. The Morgan fingerprint density at radius 1 is 1.55 bits per heavy atom. The quantitative estimate of drug-likeness (QED) is 0.396. The number of sulfonamides is 1. The van der Waals surface area contributed by atoms with Crippen molar-refractivity contribution >= 4 is 27.9 Å². The minimum Gasteiger partial charge on any atom is -0.401 e. The lowest BCUT2D eigenvalue weighted by atomic mass is 9.93. The Morgan fingerprint density at radius 2 is 2.14 bits per heavy atom. The summed E-state index contributed by atoms with van der Waals surface area (Å²) >= 11 is 0.941. The van der Waals surface area contributed by atoms with Crippen molar-refractivity contribution in [1.82, 2.24) is 9.03 Å². The van der Waals surface area contributed by atoms with Crippen LogP contribution in [0.3, 0.4) is 0 Å². The Hall–Kier alpha value is -1.43. The molecule has 22 heavy (non-hydrogen) atoms. The van der Waals surface area contributed by atoms with Crippen molar-refractivity contribution in [3.05, 3.63) is 32.4 Å². The fourth-order valence-electron chi connectivity index (χ4n) is 1.86. The summed E-state index contributed by atoms with van der Waals surface area (Å²) in [6.07, 6.45) is 1.35. The van der Waals surface area contributed by atoms with Crippen molar-refractivity contribution in [1.29, 1.82) is 0 Å². The third-order valence-electron chi connectivity index (χ3n) is 3.05. The summed E-state index contributed by atoms with van der Waals surface area (Å²) in [6.45, 7) is 1.06. The molecule has 1 unspecified atom stereocenters. The molecule has 124 valence electrons. The predicted octanol–water partition coefficient (Wildman–Crippen LogP) is 0.125. The lowest BCUT2D eigenvalue weighted by Gasteiger charge is -2.25. The molecule has 1 atom stereocenters. The van der Waals surface area contributed by atoms with Crippen molar-refractivity contribution in [3.8, 4) is 0 Å². The van der Waals surface area contributed by atoms with Crippen LogP contribution in [0.5, 0.6) is 0 Å². The van der Waals surface area contributed by atoms with Crippen molar-refractivity contribution < 1.29 is 13.3 Å². The number of nitrogens with one attached hydrogen (secondary N) is 1. The fourth-order valence-corrected chi connectivity index (χ4v) is 3.67. The molecule has 0 fully saturated rings. The zero-order valence-corrected chi connectivity index (χ0v) is 14.4. The molecule has 0 bridgehead atoms. The highest BCUT2D eigenvalue weighted by Gasteiger charge is 2.36. The summed E-state index contributed by atoms with van der Waals surface area (Å²) in [5.74, 6) is -0.457. The van der Waals surface area contributed by atoms with Gasteiger partial charge in [0.15, 0.2) is 0 Å². The van der Waals surface area contributed by atoms with E-state index in [1.165, 1.54) is 20.2 Å². The van der Waals surface area contributed by atoms with Gasteiger partial charge in [-0.2, -0.15) is 0 Å². The van der Waals surface area contributed by atoms with Crippen molar-refractivity contribution in [2.24, 2.45) is 16.0 Å². The van der Waals surface area contributed by atoms with Gasteiger partial charge >= 0.3 is 0 Å². The first-order valence-electron chi connectivity index (χ1n) is 6.28. The maximum atomic E-state index is 12.6. The Labute approximate surface area is 133 Å². The summed E-state index contributed by atoms with van der Waals surface area (Å²) in [6, 6.07) is 0. The van der Waals surface area contributed by atoms with E-state index in [0.717, 1.165) is 16.4 Å². The van der Waals surface area contributed by atoms with E-state index < -0.39 is 27.4 Å². The third kappa shape index (κ3) is 3.85. The van der Waals surface area contributed by atoms with Crippen molar-refractivity contribution in [2.75, 3.05) is 27.7 Å². The van der Waals surface area contributed by atoms with E-state index in [1.807, 2.05) is 0 Å². The normalized spacial score (nSPS) is 21.4. The first kappa shape index (κ1) is 18.6. The van der Waals surface area contributed by atoms with E-state index in [9.17, 15) is 18.5 Å². The molecular formula is C11H19N5O4S2. The number of nitro groups is 1. The van der Waals surface area contributed by atoms with Crippen LogP contribution in [0, 0.1) is 16.0 Å². The van der Waals surface area contributed by atoms with E-state index >= 15 is 0 Å². The molecule has 11 heteroatoms. The molecule has 0 radical (unpaired) electrons. The Morgan fingerprint density at radius 3 is 2.59 bits per heavy atom. The minimum atomic E-state index is -3.89. The van der Waals surface area contributed by atoms with Gasteiger partial charge in [0.1, 0.15) is 4.91 Å². The highest BCUT2D eigenvalue weighted by Crippen LogP contribution is 2.30. The lowest BCUT2D eigenvalue weighted by molar-refractivity contribution is -0.470. The van der Waals surface area contributed by atoms with E-state index in [4.69, 9.17) is 5.73 Å². The van der Waals surface area contributed by atoms with Crippen molar-refractivity contribution in [3.63, 3.8) is 0 Å². The van der Waals surface area contributed by atoms with E-state index in [1.54, 1.807) is 14.0 Å². The van der Waals surface area contributed by atoms with Gasteiger partial charge in [-0.15, -0.1) is 0 Å². The van der Waals surface area contributed by atoms with Crippen LogP contribution in [0.4, 0.5) is 0 Å². The van der Waals surface area contributed by atoms with E-state index in [-0.39, 0.29) is 16.2 Å². The summed E-state index contributed by atoms with van der Waals surface area (Å²) in [4.78, 5) is 10.1. The van der Waals surface area contributed by atoms with Gasteiger partial charge in [0.25, 0.3) is 0 Å². The number of allylic oxidation sites excluding steroid dienone is 2. The Balaban J connectivity index is 3.65. The summed E-state index contributed by atoms with van der Waals surface area (Å²) in [7, 11) is 0.459. The van der Waals surface area contributed by atoms with Gasteiger partial charge in [0.2, 0.25) is 16.6 Å². The maximum Gasteiger partial charge on any atom is 0.244 e. The molecular weight excluding hydrogens is 330 g/mol. The van der Waals surface area contributed by atoms with Crippen LogP contribution in [0.25, 0.3) is 0 Å². The molecule has 0 heterocycles. The second-order valence-corrected chi connectivity index (χ2v) is 7.63. The molecule has 0 aromatic carbocycles. The average molecular weight is 349 g/mol. The van der Waals surface area contributed by atoms with Crippen LogP contribution < -0.4 is 10.5 Å². The SMILES string of the molecule is CNS/N=C1/C(S(=O)(=O)N(C)C)=C(C[N+](=O)[O-])C=C(N)C1C. The van der Waals surface area contributed by atoms with Crippen LogP contribution in [0.15, 0.2) is 26.6 Å². The number of nitrogens with zero attached hydrogens (tertiary/aromatic N) is 3. The molecule has 0 aromatic rings. The Bertz CT molecular complexity index is 651. The van der Waals surface area contributed by atoms with Crippen molar-refractivity contribution in [2.45, 2.75) is 6.92 Å². The molecule has 1 rings (SSSR count). The second-order valence-electron chi connectivity index (χ2n) is 4.77. The van der Waals surface area contributed by atoms with Gasteiger partial charge in [0, 0.05) is 36.2 Å².